The number of nitrogens with one attached hydrogen (secondary N) is 1. The second-order valence-corrected chi connectivity index (χ2v) is 6.16. The van der Waals surface area contributed by atoms with Gasteiger partial charge in [-0.1, -0.05) is 20.8 Å². The fourth-order valence-electron chi connectivity index (χ4n) is 2.01. The van der Waals surface area contributed by atoms with E-state index in [2.05, 4.69) is 47.1 Å². The van der Waals surface area contributed by atoms with Crippen LogP contribution in [-0.2, 0) is 13.5 Å². The average Bonchev–Trinajstić information content (AvgIpc) is 2.47. The van der Waals surface area contributed by atoms with Crippen molar-refractivity contribution >= 4 is 15.9 Å². The minimum absolute atomic E-state index is 0.291. The smallest absolute Gasteiger partial charge is 0.0635 e. The number of halogens is 1. The van der Waals surface area contributed by atoms with Gasteiger partial charge < -0.3 is 5.32 Å². The van der Waals surface area contributed by atoms with Crippen molar-refractivity contribution in [3.63, 3.8) is 0 Å². The van der Waals surface area contributed by atoms with Crippen molar-refractivity contribution in [3.8, 4) is 0 Å². The Hall–Kier alpha value is -0.350. The van der Waals surface area contributed by atoms with E-state index < -0.39 is 0 Å². The number of hydrogen-bond acceptors (Lipinski definition) is 2. The van der Waals surface area contributed by atoms with Crippen LogP contribution >= 0.6 is 15.9 Å². The molecule has 0 spiro atoms. The van der Waals surface area contributed by atoms with Gasteiger partial charge >= 0.3 is 0 Å². The molecule has 0 aliphatic rings. The van der Waals surface area contributed by atoms with E-state index in [4.69, 9.17) is 0 Å². The molecule has 4 heteroatoms. The second kappa shape index (κ2) is 5.32. The van der Waals surface area contributed by atoms with Crippen LogP contribution in [0.2, 0.25) is 0 Å². The van der Waals surface area contributed by atoms with Crippen molar-refractivity contribution in [2.45, 2.75) is 39.7 Å². The highest BCUT2D eigenvalue weighted by atomic mass is 79.9. The van der Waals surface area contributed by atoms with Gasteiger partial charge in [0.15, 0.2) is 0 Å². The number of aryl methyl sites for hydroxylation is 1. The van der Waals surface area contributed by atoms with Gasteiger partial charge in [0, 0.05) is 13.1 Å². The molecule has 1 rings (SSSR count). The molecule has 16 heavy (non-hydrogen) atoms. The summed E-state index contributed by atoms with van der Waals surface area (Å²) in [5, 5.41) is 7.63. The molecule has 0 amide bonds. The molecular weight excluding hydrogens is 266 g/mol. The summed E-state index contributed by atoms with van der Waals surface area (Å²) < 4.78 is 3.05. The topological polar surface area (TPSA) is 29.9 Å². The van der Waals surface area contributed by atoms with Gasteiger partial charge in [0.1, 0.15) is 0 Å². The SMILES string of the molecule is CNC(CCc1c(Br)cnn1C)C(C)(C)C. The summed E-state index contributed by atoms with van der Waals surface area (Å²) in [6.45, 7) is 6.81. The van der Waals surface area contributed by atoms with Crippen LogP contribution in [-0.4, -0.2) is 22.9 Å². The highest BCUT2D eigenvalue weighted by Gasteiger charge is 2.23. The van der Waals surface area contributed by atoms with Crippen LogP contribution < -0.4 is 5.32 Å². The first-order valence-electron chi connectivity index (χ1n) is 5.70. The number of aromatic nitrogens is 2. The van der Waals surface area contributed by atoms with Crippen molar-refractivity contribution in [2.75, 3.05) is 7.05 Å². The van der Waals surface area contributed by atoms with Gasteiger partial charge in [0.2, 0.25) is 0 Å². The summed E-state index contributed by atoms with van der Waals surface area (Å²) in [6, 6.07) is 0.522. The summed E-state index contributed by atoms with van der Waals surface area (Å²) in [6.07, 6.45) is 4.03. The van der Waals surface area contributed by atoms with Crippen molar-refractivity contribution in [3.05, 3.63) is 16.4 Å². The van der Waals surface area contributed by atoms with Gasteiger partial charge in [-0.2, -0.15) is 5.10 Å². The van der Waals surface area contributed by atoms with Crippen molar-refractivity contribution < 1.29 is 0 Å². The fraction of sp³-hybridized carbons (Fsp3) is 0.750. The zero-order chi connectivity index (χ0) is 12.3. The molecule has 0 bridgehead atoms. The molecule has 1 atom stereocenters. The van der Waals surface area contributed by atoms with E-state index in [-0.39, 0.29) is 0 Å². The van der Waals surface area contributed by atoms with E-state index in [1.54, 1.807) is 0 Å². The monoisotopic (exact) mass is 287 g/mol. The highest BCUT2D eigenvalue weighted by molar-refractivity contribution is 9.10. The molecule has 1 unspecified atom stereocenters. The van der Waals surface area contributed by atoms with E-state index in [1.807, 2.05) is 25.0 Å². The van der Waals surface area contributed by atoms with E-state index in [1.165, 1.54) is 5.69 Å². The lowest BCUT2D eigenvalue weighted by Crippen LogP contribution is -2.38. The lowest BCUT2D eigenvalue weighted by Gasteiger charge is -2.30. The Morgan fingerprint density at radius 1 is 1.50 bits per heavy atom. The van der Waals surface area contributed by atoms with Crippen LogP contribution in [0.25, 0.3) is 0 Å². The Balaban J connectivity index is 2.63. The zero-order valence-corrected chi connectivity index (χ0v) is 12.4. The molecule has 1 heterocycles. The van der Waals surface area contributed by atoms with E-state index in [0.717, 1.165) is 17.3 Å². The first-order chi connectivity index (χ1) is 7.36. The molecule has 1 aromatic heterocycles. The van der Waals surface area contributed by atoms with Crippen molar-refractivity contribution in [1.29, 1.82) is 0 Å². The molecule has 0 fully saturated rings. The molecule has 0 aliphatic carbocycles. The molecule has 0 saturated carbocycles. The number of hydrogen-bond donors (Lipinski definition) is 1. The molecule has 0 radical (unpaired) electrons. The zero-order valence-electron chi connectivity index (χ0n) is 10.8. The Labute approximate surface area is 107 Å². The summed E-state index contributed by atoms with van der Waals surface area (Å²) >= 11 is 3.54. The van der Waals surface area contributed by atoms with Gasteiger partial charge in [-0.05, 0) is 41.2 Å². The average molecular weight is 288 g/mol. The summed E-state index contributed by atoms with van der Waals surface area (Å²) in [7, 11) is 4.03. The lowest BCUT2D eigenvalue weighted by atomic mass is 9.84. The third kappa shape index (κ3) is 3.32. The standard InChI is InChI=1S/C12H22BrN3/c1-12(2,3)11(14-4)7-6-10-9(13)8-15-16(10)5/h8,11,14H,6-7H2,1-5H3. The van der Waals surface area contributed by atoms with E-state index in [9.17, 15) is 0 Å². The fourth-order valence-corrected chi connectivity index (χ4v) is 2.56. The third-order valence-corrected chi connectivity index (χ3v) is 3.74. The Bertz CT molecular complexity index is 319. The normalized spacial score (nSPS) is 14.1. The molecule has 0 saturated heterocycles. The molecule has 92 valence electrons. The first kappa shape index (κ1) is 13.7. The summed E-state index contributed by atoms with van der Waals surface area (Å²) in [4.78, 5) is 0. The Kier molecular flexibility index (Phi) is 4.56. The van der Waals surface area contributed by atoms with Crippen LogP contribution in [0.15, 0.2) is 10.7 Å². The predicted molar refractivity (Wildman–Crippen MR) is 71.5 cm³/mol. The van der Waals surface area contributed by atoms with E-state index in [0.29, 0.717) is 11.5 Å². The molecule has 0 aliphatic heterocycles. The number of rotatable bonds is 4. The Morgan fingerprint density at radius 2 is 2.12 bits per heavy atom. The van der Waals surface area contributed by atoms with E-state index >= 15 is 0 Å². The first-order valence-corrected chi connectivity index (χ1v) is 6.49. The Morgan fingerprint density at radius 3 is 2.50 bits per heavy atom. The van der Waals surface area contributed by atoms with Crippen LogP contribution in [0.5, 0.6) is 0 Å². The summed E-state index contributed by atoms with van der Waals surface area (Å²) in [5.41, 5.74) is 1.56. The quantitative estimate of drug-likeness (QED) is 0.923. The van der Waals surface area contributed by atoms with Crippen molar-refractivity contribution in [1.82, 2.24) is 15.1 Å². The second-order valence-electron chi connectivity index (χ2n) is 5.31. The maximum atomic E-state index is 4.23. The predicted octanol–water partition coefficient (Wildman–Crippen LogP) is 2.75. The van der Waals surface area contributed by atoms with Crippen LogP contribution in [0.1, 0.15) is 32.9 Å². The minimum atomic E-state index is 0.291. The molecule has 3 nitrogen and oxygen atoms in total. The van der Waals surface area contributed by atoms with Gasteiger partial charge in [-0.3, -0.25) is 4.68 Å². The highest BCUT2D eigenvalue weighted by Crippen LogP contribution is 2.24. The summed E-state index contributed by atoms with van der Waals surface area (Å²) in [5.74, 6) is 0. The maximum absolute atomic E-state index is 4.23. The van der Waals surface area contributed by atoms with Crippen LogP contribution in [0, 0.1) is 5.41 Å². The largest absolute Gasteiger partial charge is 0.316 e. The van der Waals surface area contributed by atoms with Gasteiger partial charge in [-0.25, -0.2) is 0 Å². The van der Waals surface area contributed by atoms with Crippen molar-refractivity contribution in [2.24, 2.45) is 12.5 Å². The molecule has 0 aromatic carbocycles. The van der Waals surface area contributed by atoms with Gasteiger partial charge in [0.05, 0.1) is 16.4 Å². The van der Waals surface area contributed by atoms with Gasteiger partial charge in [-0.15, -0.1) is 0 Å². The third-order valence-electron chi connectivity index (χ3n) is 3.07. The lowest BCUT2D eigenvalue weighted by molar-refractivity contribution is 0.266. The number of nitrogens with zero attached hydrogens (tertiary/aromatic N) is 2. The molecular formula is C12H22BrN3. The van der Waals surface area contributed by atoms with Crippen LogP contribution in [0.4, 0.5) is 0 Å². The molecule has 1 aromatic rings. The molecule has 1 N–H and O–H groups in total. The van der Waals surface area contributed by atoms with Crippen LogP contribution in [0.3, 0.4) is 0 Å². The van der Waals surface area contributed by atoms with Gasteiger partial charge in [0.25, 0.3) is 0 Å². The minimum Gasteiger partial charge on any atom is -0.316 e. The maximum Gasteiger partial charge on any atom is 0.0635 e.